The molecule has 4 nitrogen and oxygen atoms in total. The van der Waals surface area contributed by atoms with E-state index in [-0.39, 0.29) is 11.7 Å². The molecule has 0 spiro atoms. The molecule has 5 heteroatoms. The SMILES string of the molecule is Oc1cc(Cl)ccc1-c1nc(C2Cc3ccccc32)no1. The predicted molar refractivity (Wildman–Crippen MR) is 78.4 cm³/mol. The normalized spacial score (nSPS) is 16.3. The Labute approximate surface area is 126 Å². The second-order valence-electron chi connectivity index (χ2n) is 5.07. The van der Waals surface area contributed by atoms with Gasteiger partial charge in [-0.3, -0.25) is 0 Å². The minimum Gasteiger partial charge on any atom is -0.507 e. The molecule has 0 saturated heterocycles. The van der Waals surface area contributed by atoms with Crippen molar-refractivity contribution in [3.05, 3.63) is 64.4 Å². The van der Waals surface area contributed by atoms with Gasteiger partial charge in [-0.05, 0) is 35.7 Å². The molecular weight excluding hydrogens is 288 g/mol. The van der Waals surface area contributed by atoms with Crippen molar-refractivity contribution in [1.82, 2.24) is 10.1 Å². The average Bonchev–Trinajstić information content (AvgIpc) is 2.89. The van der Waals surface area contributed by atoms with E-state index >= 15 is 0 Å². The summed E-state index contributed by atoms with van der Waals surface area (Å²) in [4.78, 5) is 4.41. The third-order valence-electron chi connectivity index (χ3n) is 3.80. The van der Waals surface area contributed by atoms with Gasteiger partial charge in [0.1, 0.15) is 5.75 Å². The van der Waals surface area contributed by atoms with E-state index in [1.54, 1.807) is 12.1 Å². The van der Waals surface area contributed by atoms with Crippen LogP contribution < -0.4 is 0 Å². The maximum Gasteiger partial charge on any atom is 0.261 e. The molecule has 1 heterocycles. The number of phenolic OH excluding ortho intramolecular Hbond substituents is 1. The van der Waals surface area contributed by atoms with Crippen molar-refractivity contribution in [2.75, 3.05) is 0 Å². The van der Waals surface area contributed by atoms with Crippen molar-refractivity contribution in [1.29, 1.82) is 0 Å². The number of phenols is 1. The lowest BCUT2D eigenvalue weighted by molar-refractivity contribution is 0.412. The number of aromatic nitrogens is 2. The van der Waals surface area contributed by atoms with E-state index in [4.69, 9.17) is 16.1 Å². The fraction of sp³-hybridized carbons (Fsp3) is 0.125. The number of hydrogen-bond donors (Lipinski definition) is 1. The summed E-state index contributed by atoms with van der Waals surface area (Å²) in [6, 6.07) is 13.0. The summed E-state index contributed by atoms with van der Waals surface area (Å²) >= 11 is 5.82. The standard InChI is InChI=1S/C16H11ClN2O2/c17-10-5-6-12(14(20)8-10)16-18-15(19-21-16)13-7-9-3-1-2-4-11(9)13/h1-6,8,13,20H,7H2. The van der Waals surface area contributed by atoms with Gasteiger partial charge in [-0.15, -0.1) is 0 Å². The first-order valence-electron chi connectivity index (χ1n) is 6.62. The molecule has 0 saturated carbocycles. The minimum absolute atomic E-state index is 0.0340. The molecule has 0 fully saturated rings. The number of rotatable bonds is 2. The Balaban J connectivity index is 1.68. The van der Waals surface area contributed by atoms with Crippen LogP contribution in [0.1, 0.15) is 22.9 Å². The van der Waals surface area contributed by atoms with Crippen molar-refractivity contribution in [2.24, 2.45) is 0 Å². The zero-order valence-corrected chi connectivity index (χ0v) is 11.7. The van der Waals surface area contributed by atoms with Crippen molar-refractivity contribution < 1.29 is 9.63 Å². The molecule has 1 N–H and O–H groups in total. The Kier molecular flexibility index (Phi) is 2.72. The molecule has 1 aromatic heterocycles. The van der Waals surface area contributed by atoms with Gasteiger partial charge in [0.15, 0.2) is 5.82 Å². The van der Waals surface area contributed by atoms with Gasteiger partial charge >= 0.3 is 0 Å². The van der Waals surface area contributed by atoms with Crippen molar-refractivity contribution in [3.63, 3.8) is 0 Å². The molecule has 0 aliphatic heterocycles. The third-order valence-corrected chi connectivity index (χ3v) is 4.03. The summed E-state index contributed by atoms with van der Waals surface area (Å²) in [5, 5.41) is 14.4. The first-order valence-corrected chi connectivity index (χ1v) is 7.00. The van der Waals surface area contributed by atoms with Crippen molar-refractivity contribution in [3.8, 4) is 17.2 Å². The Morgan fingerprint density at radius 3 is 2.86 bits per heavy atom. The smallest absolute Gasteiger partial charge is 0.261 e. The van der Waals surface area contributed by atoms with Crippen LogP contribution >= 0.6 is 11.6 Å². The molecule has 1 unspecified atom stereocenters. The summed E-state index contributed by atoms with van der Waals surface area (Å²) in [7, 11) is 0. The van der Waals surface area contributed by atoms with Crippen LogP contribution in [0.3, 0.4) is 0 Å². The molecule has 104 valence electrons. The number of halogens is 1. The molecule has 4 rings (SSSR count). The fourth-order valence-corrected chi connectivity index (χ4v) is 2.83. The molecule has 1 atom stereocenters. The number of fused-ring (bicyclic) bond motifs is 1. The van der Waals surface area contributed by atoms with Crippen LogP contribution in [-0.4, -0.2) is 15.2 Å². The lowest BCUT2D eigenvalue weighted by Crippen LogP contribution is -2.19. The maximum atomic E-state index is 9.91. The first-order chi connectivity index (χ1) is 10.2. The van der Waals surface area contributed by atoms with E-state index in [0.29, 0.717) is 22.3 Å². The molecule has 3 aromatic rings. The van der Waals surface area contributed by atoms with Crippen LogP contribution in [0.25, 0.3) is 11.5 Å². The Bertz CT molecular complexity index is 829. The van der Waals surface area contributed by atoms with Crippen LogP contribution in [-0.2, 0) is 6.42 Å². The van der Waals surface area contributed by atoms with Crippen molar-refractivity contribution in [2.45, 2.75) is 12.3 Å². The third kappa shape index (κ3) is 1.99. The summed E-state index contributed by atoms with van der Waals surface area (Å²) in [5.74, 6) is 1.17. The van der Waals surface area contributed by atoms with E-state index in [2.05, 4.69) is 22.3 Å². The quantitative estimate of drug-likeness (QED) is 0.782. The van der Waals surface area contributed by atoms with Crippen LogP contribution in [0.5, 0.6) is 5.75 Å². The average molecular weight is 299 g/mol. The molecule has 1 aliphatic carbocycles. The molecule has 0 radical (unpaired) electrons. The molecule has 21 heavy (non-hydrogen) atoms. The summed E-state index contributed by atoms with van der Waals surface area (Å²) in [5.41, 5.74) is 3.05. The van der Waals surface area contributed by atoms with Crippen LogP contribution in [0.2, 0.25) is 5.02 Å². The monoisotopic (exact) mass is 298 g/mol. The highest BCUT2D eigenvalue weighted by Crippen LogP contribution is 2.39. The highest BCUT2D eigenvalue weighted by molar-refractivity contribution is 6.30. The fourth-order valence-electron chi connectivity index (χ4n) is 2.66. The molecular formula is C16H11ClN2O2. The predicted octanol–water partition coefficient (Wildman–Crippen LogP) is 3.78. The van der Waals surface area contributed by atoms with Gasteiger partial charge in [-0.1, -0.05) is 41.0 Å². The minimum atomic E-state index is 0.0340. The molecule has 1 aliphatic rings. The van der Waals surface area contributed by atoms with Gasteiger partial charge in [0.25, 0.3) is 5.89 Å². The summed E-state index contributed by atoms with van der Waals surface area (Å²) < 4.78 is 5.28. The second kappa shape index (κ2) is 4.60. The maximum absolute atomic E-state index is 9.91. The lowest BCUT2D eigenvalue weighted by atomic mass is 9.77. The van der Waals surface area contributed by atoms with E-state index in [1.165, 1.54) is 17.2 Å². The topological polar surface area (TPSA) is 59.2 Å². The molecule has 0 bridgehead atoms. The van der Waals surface area contributed by atoms with Crippen LogP contribution in [0, 0.1) is 0 Å². The van der Waals surface area contributed by atoms with Gasteiger partial charge in [0.05, 0.1) is 11.5 Å². The van der Waals surface area contributed by atoms with Gasteiger partial charge in [-0.25, -0.2) is 0 Å². The van der Waals surface area contributed by atoms with E-state index in [0.717, 1.165) is 6.42 Å². The highest BCUT2D eigenvalue weighted by Gasteiger charge is 2.31. The van der Waals surface area contributed by atoms with E-state index in [1.807, 2.05) is 12.1 Å². The van der Waals surface area contributed by atoms with E-state index in [9.17, 15) is 5.11 Å². The molecule has 0 amide bonds. The zero-order chi connectivity index (χ0) is 14.4. The highest BCUT2D eigenvalue weighted by atomic mass is 35.5. The van der Waals surface area contributed by atoms with Gasteiger partial charge in [-0.2, -0.15) is 4.98 Å². The van der Waals surface area contributed by atoms with Gasteiger partial charge in [0, 0.05) is 5.02 Å². The van der Waals surface area contributed by atoms with Crippen LogP contribution in [0.15, 0.2) is 47.0 Å². The van der Waals surface area contributed by atoms with Gasteiger partial charge < -0.3 is 9.63 Å². The molecule has 2 aromatic carbocycles. The number of nitrogens with zero attached hydrogens (tertiary/aromatic N) is 2. The lowest BCUT2D eigenvalue weighted by Gasteiger charge is -2.27. The van der Waals surface area contributed by atoms with E-state index < -0.39 is 0 Å². The largest absolute Gasteiger partial charge is 0.507 e. The van der Waals surface area contributed by atoms with Crippen LogP contribution in [0.4, 0.5) is 0 Å². The Morgan fingerprint density at radius 1 is 1.19 bits per heavy atom. The number of benzene rings is 2. The second-order valence-corrected chi connectivity index (χ2v) is 5.51. The summed E-state index contributed by atoms with van der Waals surface area (Å²) in [6.45, 7) is 0. The first kappa shape index (κ1) is 12.4. The Hall–Kier alpha value is -2.33. The zero-order valence-electron chi connectivity index (χ0n) is 11.0. The number of hydrogen-bond acceptors (Lipinski definition) is 4. The number of aromatic hydroxyl groups is 1. The van der Waals surface area contributed by atoms with Crippen molar-refractivity contribution >= 4 is 11.6 Å². The van der Waals surface area contributed by atoms with Gasteiger partial charge in [0.2, 0.25) is 0 Å². The Morgan fingerprint density at radius 2 is 2.05 bits per heavy atom. The summed E-state index contributed by atoms with van der Waals surface area (Å²) in [6.07, 6.45) is 0.918.